The minimum Gasteiger partial charge on any atom is -0.366 e. The van der Waals surface area contributed by atoms with Crippen LogP contribution in [0.1, 0.15) is 32.0 Å². The minimum atomic E-state index is -0.0611. The number of aryl methyl sites for hydroxylation is 1. The summed E-state index contributed by atoms with van der Waals surface area (Å²) in [5.41, 5.74) is 1.99. The third kappa shape index (κ3) is 4.50. The molecule has 20 heavy (non-hydrogen) atoms. The summed E-state index contributed by atoms with van der Waals surface area (Å²) in [6.45, 7) is 8.91. The van der Waals surface area contributed by atoms with E-state index in [0.29, 0.717) is 12.5 Å². The molecule has 0 amide bonds. The molecule has 0 aliphatic heterocycles. The van der Waals surface area contributed by atoms with Gasteiger partial charge in [-0.25, -0.2) is 4.98 Å². The Morgan fingerprint density at radius 2 is 2.00 bits per heavy atom. The first kappa shape index (κ1) is 14.2. The minimum absolute atomic E-state index is 0.0611. The molecular formula is C15H21N5. The van der Waals surface area contributed by atoms with E-state index in [4.69, 9.17) is 0 Å². The Bertz CT molecular complexity index is 560. The van der Waals surface area contributed by atoms with Gasteiger partial charge >= 0.3 is 0 Å². The molecule has 2 rings (SSSR count). The molecule has 0 atom stereocenters. The quantitative estimate of drug-likeness (QED) is 0.895. The van der Waals surface area contributed by atoms with E-state index in [1.807, 2.05) is 31.3 Å². The SMILES string of the molecule is Cc1cc(NCc2cccnc2)nc(NC(C)(C)C)n1. The third-order valence-electron chi connectivity index (χ3n) is 2.54. The molecule has 0 fully saturated rings. The summed E-state index contributed by atoms with van der Waals surface area (Å²) in [5, 5.41) is 6.58. The summed E-state index contributed by atoms with van der Waals surface area (Å²) >= 11 is 0. The van der Waals surface area contributed by atoms with Crippen LogP contribution in [0, 0.1) is 6.92 Å². The van der Waals surface area contributed by atoms with E-state index >= 15 is 0 Å². The van der Waals surface area contributed by atoms with Gasteiger partial charge in [-0.3, -0.25) is 4.98 Å². The summed E-state index contributed by atoms with van der Waals surface area (Å²) in [6.07, 6.45) is 3.61. The van der Waals surface area contributed by atoms with Gasteiger partial charge in [-0.15, -0.1) is 0 Å². The van der Waals surface area contributed by atoms with Gasteiger partial charge in [0.05, 0.1) is 0 Å². The number of rotatable bonds is 4. The van der Waals surface area contributed by atoms with Gasteiger partial charge in [0.2, 0.25) is 5.95 Å². The lowest BCUT2D eigenvalue weighted by molar-refractivity contribution is 0.625. The van der Waals surface area contributed by atoms with E-state index in [9.17, 15) is 0 Å². The maximum absolute atomic E-state index is 4.48. The van der Waals surface area contributed by atoms with Crippen LogP contribution in [0.15, 0.2) is 30.6 Å². The van der Waals surface area contributed by atoms with Crippen LogP contribution < -0.4 is 10.6 Å². The van der Waals surface area contributed by atoms with E-state index in [-0.39, 0.29) is 5.54 Å². The molecule has 2 aromatic rings. The summed E-state index contributed by atoms with van der Waals surface area (Å²) in [7, 11) is 0. The molecule has 5 heteroatoms. The van der Waals surface area contributed by atoms with E-state index < -0.39 is 0 Å². The molecule has 2 heterocycles. The van der Waals surface area contributed by atoms with Crippen LogP contribution in [-0.2, 0) is 6.54 Å². The molecule has 2 aromatic heterocycles. The Balaban J connectivity index is 2.08. The Hall–Kier alpha value is -2.17. The van der Waals surface area contributed by atoms with Gasteiger partial charge in [-0.05, 0) is 39.3 Å². The van der Waals surface area contributed by atoms with Crippen molar-refractivity contribution in [3.8, 4) is 0 Å². The largest absolute Gasteiger partial charge is 0.366 e. The summed E-state index contributed by atoms with van der Waals surface area (Å²) < 4.78 is 0. The van der Waals surface area contributed by atoms with Gasteiger partial charge < -0.3 is 10.6 Å². The molecule has 0 spiro atoms. The maximum atomic E-state index is 4.48. The molecule has 0 saturated carbocycles. The molecule has 0 bridgehead atoms. The second-order valence-electron chi connectivity index (χ2n) is 5.81. The molecular weight excluding hydrogens is 250 g/mol. The van der Waals surface area contributed by atoms with Crippen LogP contribution in [-0.4, -0.2) is 20.5 Å². The predicted octanol–water partition coefficient (Wildman–Crippen LogP) is 3.00. The van der Waals surface area contributed by atoms with Crippen molar-refractivity contribution < 1.29 is 0 Å². The van der Waals surface area contributed by atoms with Crippen LogP contribution in [0.2, 0.25) is 0 Å². The molecule has 0 unspecified atom stereocenters. The molecule has 0 aromatic carbocycles. The van der Waals surface area contributed by atoms with Gasteiger partial charge in [0.25, 0.3) is 0 Å². The highest BCUT2D eigenvalue weighted by molar-refractivity contribution is 5.43. The Morgan fingerprint density at radius 1 is 1.20 bits per heavy atom. The highest BCUT2D eigenvalue weighted by Gasteiger charge is 2.12. The number of nitrogens with one attached hydrogen (secondary N) is 2. The van der Waals surface area contributed by atoms with Crippen molar-refractivity contribution in [1.29, 1.82) is 0 Å². The highest BCUT2D eigenvalue weighted by atomic mass is 15.2. The van der Waals surface area contributed by atoms with Crippen molar-refractivity contribution >= 4 is 11.8 Å². The molecule has 0 radical (unpaired) electrons. The highest BCUT2D eigenvalue weighted by Crippen LogP contribution is 2.14. The van der Waals surface area contributed by atoms with Gasteiger partial charge in [0, 0.05) is 36.2 Å². The standard InChI is InChI=1S/C15H21N5/c1-11-8-13(17-10-12-6-5-7-16-9-12)19-14(18-11)20-15(2,3)4/h5-9H,10H2,1-4H3,(H2,17,18,19,20). The summed E-state index contributed by atoms with van der Waals surface area (Å²) in [6, 6.07) is 5.89. The van der Waals surface area contributed by atoms with Crippen LogP contribution in [0.5, 0.6) is 0 Å². The Labute approximate surface area is 119 Å². The maximum Gasteiger partial charge on any atom is 0.225 e. The van der Waals surface area contributed by atoms with Gasteiger partial charge in [0.15, 0.2) is 0 Å². The Morgan fingerprint density at radius 3 is 2.65 bits per heavy atom. The van der Waals surface area contributed by atoms with Crippen LogP contribution in [0.3, 0.4) is 0 Å². The van der Waals surface area contributed by atoms with Gasteiger partial charge in [-0.2, -0.15) is 4.98 Å². The predicted molar refractivity (Wildman–Crippen MR) is 81.7 cm³/mol. The van der Waals surface area contributed by atoms with Crippen molar-refractivity contribution in [2.24, 2.45) is 0 Å². The number of nitrogens with zero attached hydrogens (tertiary/aromatic N) is 3. The van der Waals surface area contributed by atoms with Crippen molar-refractivity contribution in [2.75, 3.05) is 10.6 Å². The summed E-state index contributed by atoms with van der Waals surface area (Å²) in [4.78, 5) is 13.0. The van der Waals surface area contributed by atoms with Crippen LogP contribution in [0.4, 0.5) is 11.8 Å². The fraction of sp³-hybridized carbons (Fsp3) is 0.400. The van der Waals surface area contributed by atoms with Crippen molar-refractivity contribution in [1.82, 2.24) is 15.0 Å². The first-order valence-corrected chi connectivity index (χ1v) is 6.69. The van der Waals surface area contributed by atoms with E-state index in [1.54, 1.807) is 6.20 Å². The fourth-order valence-electron chi connectivity index (χ4n) is 1.75. The number of hydrogen-bond donors (Lipinski definition) is 2. The molecule has 2 N–H and O–H groups in total. The van der Waals surface area contributed by atoms with E-state index in [0.717, 1.165) is 17.1 Å². The lowest BCUT2D eigenvalue weighted by Crippen LogP contribution is -2.27. The zero-order valence-electron chi connectivity index (χ0n) is 12.4. The van der Waals surface area contributed by atoms with E-state index in [2.05, 4.69) is 46.4 Å². The van der Waals surface area contributed by atoms with Crippen molar-refractivity contribution in [3.63, 3.8) is 0 Å². The van der Waals surface area contributed by atoms with E-state index in [1.165, 1.54) is 0 Å². The smallest absolute Gasteiger partial charge is 0.225 e. The van der Waals surface area contributed by atoms with Gasteiger partial charge in [-0.1, -0.05) is 6.07 Å². The number of hydrogen-bond acceptors (Lipinski definition) is 5. The summed E-state index contributed by atoms with van der Waals surface area (Å²) in [5.74, 6) is 1.46. The molecule has 106 valence electrons. The lowest BCUT2D eigenvalue weighted by Gasteiger charge is -2.21. The number of anilines is 2. The average molecular weight is 271 g/mol. The van der Waals surface area contributed by atoms with Gasteiger partial charge in [0.1, 0.15) is 5.82 Å². The second-order valence-corrected chi connectivity index (χ2v) is 5.81. The number of aromatic nitrogens is 3. The average Bonchev–Trinajstić information content (AvgIpc) is 2.35. The first-order chi connectivity index (χ1) is 9.42. The zero-order valence-corrected chi connectivity index (χ0v) is 12.4. The van der Waals surface area contributed by atoms with Crippen LogP contribution in [0.25, 0.3) is 0 Å². The molecule has 0 saturated heterocycles. The topological polar surface area (TPSA) is 62.7 Å². The molecule has 0 aliphatic carbocycles. The second kappa shape index (κ2) is 5.86. The molecule has 5 nitrogen and oxygen atoms in total. The third-order valence-corrected chi connectivity index (χ3v) is 2.54. The van der Waals surface area contributed by atoms with Crippen molar-refractivity contribution in [2.45, 2.75) is 39.8 Å². The van der Waals surface area contributed by atoms with Crippen molar-refractivity contribution in [3.05, 3.63) is 41.9 Å². The first-order valence-electron chi connectivity index (χ1n) is 6.69. The Kier molecular flexibility index (Phi) is 4.17. The monoisotopic (exact) mass is 271 g/mol. The molecule has 0 aliphatic rings. The number of pyridine rings is 1. The fourth-order valence-corrected chi connectivity index (χ4v) is 1.75. The van der Waals surface area contributed by atoms with Crippen LogP contribution >= 0.6 is 0 Å². The zero-order chi connectivity index (χ0) is 14.6. The normalized spacial score (nSPS) is 11.2. The lowest BCUT2D eigenvalue weighted by atomic mass is 10.1.